The van der Waals surface area contributed by atoms with E-state index in [9.17, 15) is 19.2 Å². The first-order valence-corrected chi connectivity index (χ1v) is 12.3. The maximum absolute atomic E-state index is 12.1. The molecular weight excluding hydrogens is 632 g/mol. The van der Waals surface area contributed by atoms with Crippen molar-refractivity contribution >= 4 is 67.9 Å². The van der Waals surface area contributed by atoms with Crippen LogP contribution >= 0.6 is 31.9 Å². The van der Waals surface area contributed by atoms with Crippen molar-refractivity contribution in [3.63, 3.8) is 0 Å². The van der Waals surface area contributed by atoms with Gasteiger partial charge in [-0.3, -0.25) is 9.59 Å². The van der Waals surface area contributed by atoms with Gasteiger partial charge < -0.3 is 29.2 Å². The quantitative estimate of drug-likeness (QED) is 0.252. The first kappa shape index (κ1) is 30.6. The Hall–Kier alpha value is -3.64. The van der Waals surface area contributed by atoms with Gasteiger partial charge in [0.2, 0.25) is 0 Å². The summed E-state index contributed by atoms with van der Waals surface area (Å²) in [7, 11) is 5.23. The molecule has 0 saturated heterocycles. The Morgan fingerprint density at radius 1 is 0.684 bits per heavy atom. The lowest BCUT2D eigenvalue weighted by Crippen LogP contribution is -2.09. The van der Waals surface area contributed by atoms with Gasteiger partial charge in [0, 0.05) is 31.2 Å². The lowest BCUT2D eigenvalue weighted by atomic mass is 9.98. The van der Waals surface area contributed by atoms with Crippen molar-refractivity contribution in [1.82, 2.24) is 0 Å². The second-order valence-corrected chi connectivity index (χ2v) is 9.32. The van der Waals surface area contributed by atoms with Gasteiger partial charge in [0.1, 0.15) is 11.5 Å². The minimum atomic E-state index is -1.19. The lowest BCUT2D eigenvalue weighted by Gasteiger charge is -2.16. The number of carbonyl (C=O) groups excluding carboxylic acids is 2. The Morgan fingerprint density at radius 3 is 1.29 bits per heavy atom. The molecule has 38 heavy (non-hydrogen) atoms. The third-order valence-electron chi connectivity index (χ3n) is 5.17. The number of hydrogen-bond donors (Lipinski definition) is 2. The molecule has 2 N–H and O–H groups in total. The van der Waals surface area contributed by atoms with Gasteiger partial charge in [0.05, 0.1) is 41.3 Å². The van der Waals surface area contributed by atoms with Crippen molar-refractivity contribution in [2.45, 2.75) is 12.8 Å². The van der Waals surface area contributed by atoms with Crippen LogP contribution < -0.4 is 9.47 Å². The summed E-state index contributed by atoms with van der Waals surface area (Å²) in [4.78, 5) is 46.6. The van der Waals surface area contributed by atoms with E-state index >= 15 is 0 Å². The van der Waals surface area contributed by atoms with E-state index in [2.05, 4.69) is 31.9 Å². The Bertz CT molecular complexity index is 1230. The maximum Gasteiger partial charge on any atom is 0.334 e. The second-order valence-electron chi connectivity index (χ2n) is 7.61. The van der Waals surface area contributed by atoms with Crippen LogP contribution in [-0.2, 0) is 28.7 Å². The van der Waals surface area contributed by atoms with Crippen molar-refractivity contribution in [1.29, 1.82) is 0 Å². The van der Waals surface area contributed by atoms with E-state index in [1.54, 1.807) is 24.3 Å². The standard InChI is InChI=1S/C26H24Br2O10/c1-35-21-7-13(5-15(9-23(29)30)25(33)37-3)19(27)11-17(21)18-12-20(28)14(8-22(18)36-2)6-16(10-24(31)32)26(34)38-4/h5-8,11-12H,9-10H2,1-4H3,(H,29,30)(H,31,32)/b15-5+,16-6+. The number of ether oxygens (including phenoxy) is 4. The number of esters is 2. The number of aliphatic carboxylic acids is 2. The topological polar surface area (TPSA) is 146 Å². The molecule has 10 nitrogen and oxygen atoms in total. The molecule has 2 aromatic rings. The Morgan fingerprint density at radius 2 is 1.03 bits per heavy atom. The summed E-state index contributed by atoms with van der Waals surface area (Å²) in [6, 6.07) is 6.66. The summed E-state index contributed by atoms with van der Waals surface area (Å²) in [5, 5.41) is 18.3. The predicted molar refractivity (Wildman–Crippen MR) is 145 cm³/mol. The van der Waals surface area contributed by atoms with Crippen LogP contribution in [0.5, 0.6) is 11.5 Å². The van der Waals surface area contributed by atoms with Crippen LogP contribution in [0.2, 0.25) is 0 Å². The van der Waals surface area contributed by atoms with Gasteiger partial charge in [-0.05, 0) is 47.5 Å². The molecule has 0 aliphatic heterocycles. The first-order valence-electron chi connectivity index (χ1n) is 10.7. The summed E-state index contributed by atoms with van der Waals surface area (Å²) in [6.45, 7) is 0. The van der Waals surface area contributed by atoms with Crippen LogP contribution in [0.1, 0.15) is 24.0 Å². The lowest BCUT2D eigenvalue weighted by molar-refractivity contribution is -0.141. The van der Waals surface area contributed by atoms with E-state index in [0.717, 1.165) is 14.2 Å². The average molecular weight is 656 g/mol. The molecule has 0 radical (unpaired) electrons. The zero-order valence-electron chi connectivity index (χ0n) is 20.8. The average Bonchev–Trinajstić information content (AvgIpc) is 2.87. The number of hydrogen-bond acceptors (Lipinski definition) is 8. The molecule has 202 valence electrons. The summed E-state index contributed by atoms with van der Waals surface area (Å²) in [5.41, 5.74) is 1.99. The minimum absolute atomic E-state index is 0.0604. The van der Waals surface area contributed by atoms with Crippen molar-refractivity contribution < 1.29 is 48.3 Å². The molecule has 0 aromatic heterocycles. The fourth-order valence-corrected chi connectivity index (χ4v) is 4.36. The van der Waals surface area contributed by atoms with Crippen LogP contribution in [-0.4, -0.2) is 62.5 Å². The number of methoxy groups -OCH3 is 4. The Balaban J connectivity index is 2.69. The fraction of sp³-hybridized carbons (Fsp3) is 0.231. The monoisotopic (exact) mass is 654 g/mol. The molecule has 0 spiro atoms. The molecule has 2 aromatic carbocycles. The molecule has 0 saturated carbocycles. The predicted octanol–water partition coefficient (Wildman–Crippen LogP) is 4.96. The SMILES string of the molecule is COC(=O)/C(=C/c1cc(OC)c(-c2cc(Br)c(/C=C(\CC(=O)O)C(=O)OC)cc2OC)cc1Br)CC(=O)O. The molecule has 0 aliphatic rings. The molecule has 0 heterocycles. The molecule has 2 rings (SSSR count). The summed E-state index contributed by atoms with van der Waals surface area (Å²) in [5.74, 6) is -3.16. The van der Waals surface area contributed by atoms with E-state index in [-0.39, 0.29) is 11.1 Å². The molecule has 0 atom stereocenters. The van der Waals surface area contributed by atoms with Crippen LogP contribution in [0.3, 0.4) is 0 Å². The third-order valence-corrected chi connectivity index (χ3v) is 6.54. The van der Waals surface area contributed by atoms with Gasteiger partial charge in [-0.2, -0.15) is 0 Å². The molecule has 12 heteroatoms. The molecular formula is C26H24Br2O10. The van der Waals surface area contributed by atoms with Crippen molar-refractivity contribution in [3.05, 3.63) is 55.5 Å². The number of carboxylic acid groups (broad SMARTS) is 2. The van der Waals surface area contributed by atoms with Crippen molar-refractivity contribution in [2.75, 3.05) is 28.4 Å². The normalized spacial score (nSPS) is 11.5. The molecule has 0 aliphatic carbocycles. The second kappa shape index (κ2) is 13.8. The minimum Gasteiger partial charge on any atom is -0.496 e. The Kier molecular flexibility index (Phi) is 11.1. The van der Waals surface area contributed by atoms with Crippen LogP contribution in [0.4, 0.5) is 0 Å². The molecule has 0 amide bonds. The fourth-order valence-electron chi connectivity index (χ4n) is 3.45. The smallest absolute Gasteiger partial charge is 0.334 e. The highest BCUT2D eigenvalue weighted by atomic mass is 79.9. The highest BCUT2D eigenvalue weighted by Crippen LogP contribution is 2.43. The number of halogens is 2. The number of rotatable bonds is 11. The molecule has 0 fully saturated rings. The number of carbonyl (C=O) groups is 4. The summed E-state index contributed by atoms with van der Waals surface area (Å²) >= 11 is 6.93. The highest BCUT2D eigenvalue weighted by molar-refractivity contribution is 9.10. The highest BCUT2D eigenvalue weighted by Gasteiger charge is 2.20. The molecule has 0 bridgehead atoms. The van der Waals surface area contributed by atoms with Crippen LogP contribution in [0.15, 0.2) is 44.4 Å². The largest absolute Gasteiger partial charge is 0.496 e. The third kappa shape index (κ3) is 7.68. The first-order chi connectivity index (χ1) is 17.9. The van der Waals surface area contributed by atoms with Crippen molar-refractivity contribution in [3.8, 4) is 22.6 Å². The van der Waals surface area contributed by atoms with E-state index in [0.29, 0.717) is 42.7 Å². The van der Waals surface area contributed by atoms with Gasteiger partial charge in [-0.1, -0.05) is 31.9 Å². The number of benzene rings is 2. The zero-order valence-corrected chi connectivity index (χ0v) is 24.0. The summed E-state index contributed by atoms with van der Waals surface area (Å²) in [6.07, 6.45) is 1.73. The Labute approximate surface area is 235 Å². The van der Waals surface area contributed by atoms with Gasteiger partial charge in [-0.15, -0.1) is 0 Å². The molecule has 0 unspecified atom stereocenters. The maximum atomic E-state index is 12.1. The zero-order chi connectivity index (χ0) is 28.6. The summed E-state index contributed by atoms with van der Waals surface area (Å²) < 4.78 is 21.6. The van der Waals surface area contributed by atoms with E-state index in [4.69, 9.17) is 29.2 Å². The van der Waals surface area contributed by atoms with Gasteiger partial charge in [-0.25, -0.2) is 9.59 Å². The van der Waals surface area contributed by atoms with E-state index in [1.165, 1.54) is 26.4 Å². The van der Waals surface area contributed by atoms with E-state index in [1.807, 2.05) is 0 Å². The van der Waals surface area contributed by atoms with Crippen molar-refractivity contribution in [2.24, 2.45) is 0 Å². The van der Waals surface area contributed by atoms with Crippen LogP contribution in [0.25, 0.3) is 23.3 Å². The van der Waals surface area contributed by atoms with Crippen LogP contribution in [0, 0.1) is 0 Å². The van der Waals surface area contributed by atoms with E-state index < -0.39 is 36.7 Å². The van der Waals surface area contributed by atoms with Gasteiger partial charge in [0.25, 0.3) is 0 Å². The van der Waals surface area contributed by atoms with Gasteiger partial charge >= 0.3 is 23.9 Å². The van der Waals surface area contributed by atoms with Gasteiger partial charge in [0.15, 0.2) is 0 Å². The number of carboxylic acids is 2.